The molecule has 0 unspecified atom stereocenters. The van der Waals surface area contributed by atoms with Crippen LogP contribution in [0.25, 0.3) is 28.0 Å². The summed E-state index contributed by atoms with van der Waals surface area (Å²) in [7, 11) is 0. The van der Waals surface area contributed by atoms with Crippen molar-refractivity contribution in [2.24, 2.45) is 0 Å². The highest BCUT2D eigenvalue weighted by Crippen LogP contribution is 2.30. The number of benzene rings is 3. The molecular formula is C32H27N5O3S. The van der Waals surface area contributed by atoms with E-state index in [1.807, 2.05) is 92.0 Å². The van der Waals surface area contributed by atoms with E-state index in [2.05, 4.69) is 17.0 Å². The fourth-order valence-corrected chi connectivity index (χ4v) is 5.50. The van der Waals surface area contributed by atoms with Crippen molar-refractivity contribution in [2.75, 3.05) is 6.61 Å². The van der Waals surface area contributed by atoms with E-state index in [1.165, 1.54) is 4.52 Å². The van der Waals surface area contributed by atoms with Crippen LogP contribution < -0.4 is 20.4 Å². The predicted octanol–water partition coefficient (Wildman–Crippen LogP) is 4.60. The molecule has 0 fully saturated rings. The summed E-state index contributed by atoms with van der Waals surface area (Å²) < 4.78 is 9.26. The molecule has 0 amide bonds. The van der Waals surface area contributed by atoms with E-state index in [0.717, 1.165) is 57.1 Å². The molecule has 3 aromatic carbocycles. The summed E-state index contributed by atoms with van der Waals surface area (Å²) in [5.41, 5.74) is 4.71. The summed E-state index contributed by atoms with van der Waals surface area (Å²) in [4.78, 5) is 30.7. The molecule has 204 valence electrons. The first kappa shape index (κ1) is 26.3. The van der Waals surface area contributed by atoms with Crippen molar-refractivity contribution in [2.45, 2.75) is 26.7 Å². The molecule has 0 radical (unpaired) electrons. The molecule has 6 rings (SSSR count). The Kier molecular flexibility index (Phi) is 7.26. The van der Waals surface area contributed by atoms with Crippen LogP contribution in [0.5, 0.6) is 5.75 Å². The number of hydrogen-bond donors (Lipinski definition) is 0. The van der Waals surface area contributed by atoms with Gasteiger partial charge in [-0.2, -0.15) is 19.7 Å². The number of aryl methyl sites for hydroxylation is 1. The van der Waals surface area contributed by atoms with Gasteiger partial charge in [0.05, 0.1) is 16.8 Å². The number of para-hydroxylation sites is 1. The number of hydrogen-bond acceptors (Lipinski definition) is 7. The normalized spacial score (nSPS) is 11.8. The van der Waals surface area contributed by atoms with Gasteiger partial charge in [0.2, 0.25) is 4.96 Å². The number of aromatic nitrogens is 5. The first-order valence-corrected chi connectivity index (χ1v) is 14.2. The molecule has 0 aliphatic rings. The molecule has 0 aliphatic heterocycles. The van der Waals surface area contributed by atoms with Gasteiger partial charge in [-0.25, -0.2) is 4.68 Å². The molecule has 3 heterocycles. The Labute approximate surface area is 239 Å². The molecule has 3 aromatic heterocycles. The van der Waals surface area contributed by atoms with E-state index in [1.54, 1.807) is 10.8 Å². The lowest BCUT2D eigenvalue weighted by Gasteiger charge is -2.09. The third kappa shape index (κ3) is 5.44. The molecule has 0 saturated carbocycles. The van der Waals surface area contributed by atoms with Gasteiger partial charge < -0.3 is 4.74 Å². The lowest BCUT2D eigenvalue weighted by Crippen LogP contribution is -2.28. The van der Waals surface area contributed by atoms with Crippen LogP contribution in [0.4, 0.5) is 0 Å². The number of ether oxygens (including phenoxy) is 1. The highest BCUT2D eigenvalue weighted by molar-refractivity contribution is 7.15. The summed E-state index contributed by atoms with van der Waals surface area (Å²) in [6, 6.07) is 25.3. The molecule has 0 atom stereocenters. The molecule has 9 heteroatoms. The second kappa shape index (κ2) is 11.3. The lowest BCUT2D eigenvalue weighted by atomic mass is 10.0. The number of nitrogens with zero attached hydrogens (tertiary/aromatic N) is 5. The van der Waals surface area contributed by atoms with Crippen LogP contribution in [-0.4, -0.2) is 31.0 Å². The number of fused-ring (bicyclic) bond motifs is 1. The maximum atomic E-state index is 13.5. The Balaban J connectivity index is 1.47. The van der Waals surface area contributed by atoms with E-state index in [0.29, 0.717) is 17.6 Å². The standard InChI is InChI=1S/C32H27N5O3S/c1-3-16-40-25-14-15-26(21(2)17-25)29-23(20-36(35-29)24-12-8-5-9-13-24)19-28-31(39)37-32(41-28)33-30(38)27(34-37)18-22-10-6-4-7-11-22/h4-15,17,19-20H,3,16,18H2,1-2H3. The van der Waals surface area contributed by atoms with Crippen molar-refractivity contribution >= 4 is 22.4 Å². The molecule has 41 heavy (non-hydrogen) atoms. The first-order chi connectivity index (χ1) is 20.0. The van der Waals surface area contributed by atoms with Crippen LogP contribution in [-0.2, 0) is 6.42 Å². The number of rotatable bonds is 8. The average Bonchev–Trinajstić information content (AvgIpc) is 3.53. The Morgan fingerprint density at radius 2 is 1.71 bits per heavy atom. The minimum atomic E-state index is -0.430. The fraction of sp³-hybridized carbons (Fsp3) is 0.156. The quantitative estimate of drug-likeness (QED) is 0.270. The minimum Gasteiger partial charge on any atom is -0.494 e. The zero-order valence-electron chi connectivity index (χ0n) is 22.7. The molecule has 6 aromatic rings. The summed E-state index contributed by atoms with van der Waals surface area (Å²) in [6.07, 6.45) is 4.93. The second-order valence-corrected chi connectivity index (χ2v) is 10.7. The van der Waals surface area contributed by atoms with E-state index < -0.39 is 5.56 Å². The van der Waals surface area contributed by atoms with Gasteiger partial charge in [0.1, 0.15) is 17.1 Å². The van der Waals surface area contributed by atoms with Gasteiger partial charge in [0, 0.05) is 23.7 Å². The van der Waals surface area contributed by atoms with Crippen LogP contribution in [0.2, 0.25) is 0 Å². The summed E-state index contributed by atoms with van der Waals surface area (Å²) in [5.74, 6) is 0.806. The fourth-order valence-electron chi connectivity index (χ4n) is 4.61. The smallest absolute Gasteiger partial charge is 0.296 e. The van der Waals surface area contributed by atoms with Crippen LogP contribution in [0.1, 0.15) is 35.7 Å². The van der Waals surface area contributed by atoms with Gasteiger partial charge >= 0.3 is 0 Å². The van der Waals surface area contributed by atoms with Crippen molar-refractivity contribution in [3.63, 3.8) is 0 Å². The van der Waals surface area contributed by atoms with Gasteiger partial charge in [-0.05, 0) is 60.9 Å². The van der Waals surface area contributed by atoms with Crippen LogP contribution in [0.3, 0.4) is 0 Å². The molecule has 0 N–H and O–H groups in total. The van der Waals surface area contributed by atoms with Crippen molar-refractivity contribution in [3.05, 3.63) is 133 Å². The molecular weight excluding hydrogens is 534 g/mol. The zero-order valence-corrected chi connectivity index (χ0v) is 23.5. The minimum absolute atomic E-state index is 0.230. The van der Waals surface area contributed by atoms with E-state index in [4.69, 9.17) is 9.84 Å². The van der Waals surface area contributed by atoms with E-state index in [9.17, 15) is 9.59 Å². The van der Waals surface area contributed by atoms with Crippen molar-refractivity contribution in [3.8, 4) is 22.7 Å². The molecule has 0 saturated heterocycles. The Hall–Kier alpha value is -4.89. The van der Waals surface area contributed by atoms with E-state index >= 15 is 0 Å². The van der Waals surface area contributed by atoms with Gasteiger partial charge in [0.15, 0.2) is 0 Å². The van der Waals surface area contributed by atoms with Gasteiger partial charge in [-0.1, -0.05) is 66.8 Å². The number of thiazole rings is 1. The SMILES string of the molecule is CCCOc1ccc(-c2nn(-c3ccccc3)cc2C=c2sc3nc(=O)c(Cc4ccccc4)nn3c2=O)c(C)c1. The maximum Gasteiger partial charge on any atom is 0.296 e. The molecule has 0 aliphatic carbocycles. The van der Waals surface area contributed by atoms with Crippen molar-refractivity contribution in [1.82, 2.24) is 24.4 Å². The van der Waals surface area contributed by atoms with Gasteiger partial charge in [-0.15, -0.1) is 0 Å². The average molecular weight is 562 g/mol. The summed E-state index contributed by atoms with van der Waals surface area (Å²) in [5, 5.41) is 9.32. The molecule has 8 nitrogen and oxygen atoms in total. The van der Waals surface area contributed by atoms with Crippen LogP contribution in [0, 0.1) is 6.92 Å². The second-order valence-electron chi connectivity index (χ2n) is 9.67. The highest BCUT2D eigenvalue weighted by Gasteiger charge is 2.16. The monoisotopic (exact) mass is 561 g/mol. The Bertz CT molecular complexity index is 2010. The zero-order chi connectivity index (χ0) is 28.3. The summed E-state index contributed by atoms with van der Waals surface area (Å²) in [6.45, 7) is 4.74. The first-order valence-electron chi connectivity index (χ1n) is 13.4. The van der Waals surface area contributed by atoms with Crippen molar-refractivity contribution in [1.29, 1.82) is 0 Å². The van der Waals surface area contributed by atoms with Gasteiger partial charge in [0.25, 0.3) is 11.1 Å². The predicted molar refractivity (Wildman–Crippen MR) is 161 cm³/mol. The maximum absolute atomic E-state index is 13.5. The van der Waals surface area contributed by atoms with Crippen LogP contribution >= 0.6 is 11.3 Å². The largest absolute Gasteiger partial charge is 0.494 e. The topological polar surface area (TPSA) is 91.4 Å². The third-order valence-corrected chi connectivity index (χ3v) is 7.60. The van der Waals surface area contributed by atoms with Crippen LogP contribution in [0.15, 0.2) is 94.6 Å². The lowest BCUT2D eigenvalue weighted by molar-refractivity contribution is 0.317. The Morgan fingerprint density at radius 1 is 0.951 bits per heavy atom. The molecule has 0 bridgehead atoms. The van der Waals surface area contributed by atoms with E-state index in [-0.39, 0.29) is 16.2 Å². The van der Waals surface area contributed by atoms with Crippen molar-refractivity contribution < 1.29 is 4.74 Å². The third-order valence-electron chi connectivity index (χ3n) is 6.64. The molecule has 0 spiro atoms. The highest BCUT2D eigenvalue weighted by atomic mass is 32.1. The van der Waals surface area contributed by atoms with Gasteiger partial charge in [-0.3, -0.25) is 9.59 Å². The summed E-state index contributed by atoms with van der Waals surface area (Å²) >= 11 is 1.14. The Morgan fingerprint density at radius 3 is 2.44 bits per heavy atom.